The van der Waals surface area contributed by atoms with Crippen molar-refractivity contribution in [3.63, 3.8) is 0 Å². The molecule has 1 aromatic rings. The summed E-state index contributed by atoms with van der Waals surface area (Å²) in [6, 6.07) is 6.90. The number of nitrogens with zero attached hydrogens (tertiary/aromatic N) is 1. The van der Waals surface area contributed by atoms with E-state index in [1.807, 2.05) is 0 Å². The maximum absolute atomic E-state index is 9.07. The molecular formula is C11H15NO4. The summed E-state index contributed by atoms with van der Waals surface area (Å²) in [4.78, 5) is 0. The molecule has 0 aliphatic heterocycles. The standard InChI is InChI=1S/C11H15NO4/c1-8(12-15)9-2-4-11(5-3-9)16-7-10(14)6-13/h2-5,10,13-15H,6-7H2,1H3/b12-8-. The molecule has 16 heavy (non-hydrogen) atoms. The largest absolute Gasteiger partial charge is 0.491 e. The van der Waals surface area contributed by atoms with Gasteiger partial charge >= 0.3 is 0 Å². The van der Waals surface area contributed by atoms with Gasteiger partial charge in [-0.05, 0) is 36.8 Å². The van der Waals surface area contributed by atoms with E-state index in [9.17, 15) is 0 Å². The fraction of sp³-hybridized carbons (Fsp3) is 0.364. The van der Waals surface area contributed by atoms with Crippen molar-refractivity contribution >= 4 is 5.71 Å². The van der Waals surface area contributed by atoms with Crippen molar-refractivity contribution in [1.29, 1.82) is 0 Å². The minimum Gasteiger partial charge on any atom is -0.491 e. The fourth-order valence-corrected chi connectivity index (χ4v) is 1.10. The number of aliphatic hydroxyl groups is 2. The van der Waals surface area contributed by atoms with E-state index in [0.717, 1.165) is 5.56 Å². The maximum atomic E-state index is 9.07. The van der Waals surface area contributed by atoms with E-state index in [-0.39, 0.29) is 13.2 Å². The van der Waals surface area contributed by atoms with Crippen molar-refractivity contribution in [2.24, 2.45) is 5.16 Å². The lowest BCUT2D eigenvalue weighted by Crippen LogP contribution is -2.21. The van der Waals surface area contributed by atoms with E-state index < -0.39 is 6.10 Å². The Bertz CT molecular complexity index is 348. The molecule has 3 N–H and O–H groups in total. The highest BCUT2D eigenvalue weighted by Gasteiger charge is 2.03. The van der Waals surface area contributed by atoms with Gasteiger partial charge in [-0.2, -0.15) is 0 Å². The second kappa shape index (κ2) is 6.09. The minimum atomic E-state index is -0.875. The zero-order valence-electron chi connectivity index (χ0n) is 9.00. The van der Waals surface area contributed by atoms with Crippen molar-refractivity contribution in [3.05, 3.63) is 29.8 Å². The van der Waals surface area contributed by atoms with Gasteiger partial charge in [0.05, 0.1) is 12.3 Å². The molecule has 88 valence electrons. The van der Waals surface area contributed by atoms with Gasteiger partial charge in [-0.15, -0.1) is 0 Å². The zero-order chi connectivity index (χ0) is 12.0. The van der Waals surface area contributed by atoms with Gasteiger partial charge in [0.1, 0.15) is 18.5 Å². The van der Waals surface area contributed by atoms with Crippen LogP contribution in [0.2, 0.25) is 0 Å². The Hall–Kier alpha value is -1.59. The lowest BCUT2D eigenvalue weighted by molar-refractivity contribution is 0.0536. The molecule has 0 fully saturated rings. The van der Waals surface area contributed by atoms with Crippen LogP contribution in [0.25, 0.3) is 0 Å². The van der Waals surface area contributed by atoms with Crippen LogP contribution >= 0.6 is 0 Å². The fourth-order valence-electron chi connectivity index (χ4n) is 1.10. The summed E-state index contributed by atoms with van der Waals surface area (Å²) in [6.45, 7) is 1.41. The van der Waals surface area contributed by atoms with Crippen molar-refractivity contribution in [3.8, 4) is 5.75 Å². The monoisotopic (exact) mass is 225 g/mol. The average Bonchev–Trinajstić information content (AvgIpc) is 2.35. The normalized spacial score (nSPS) is 13.6. The maximum Gasteiger partial charge on any atom is 0.119 e. The molecule has 5 nitrogen and oxygen atoms in total. The highest BCUT2D eigenvalue weighted by Crippen LogP contribution is 2.13. The van der Waals surface area contributed by atoms with E-state index in [0.29, 0.717) is 11.5 Å². The van der Waals surface area contributed by atoms with Crippen molar-refractivity contribution in [1.82, 2.24) is 0 Å². The molecule has 0 heterocycles. The molecule has 1 unspecified atom stereocenters. The lowest BCUT2D eigenvalue weighted by atomic mass is 10.1. The first kappa shape index (κ1) is 12.5. The number of rotatable bonds is 5. The third kappa shape index (κ3) is 3.52. The molecule has 1 atom stereocenters. The van der Waals surface area contributed by atoms with Crippen LogP contribution < -0.4 is 4.74 Å². The predicted molar refractivity (Wildman–Crippen MR) is 59.0 cm³/mol. The topological polar surface area (TPSA) is 82.3 Å². The first-order valence-corrected chi connectivity index (χ1v) is 4.88. The first-order valence-electron chi connectivity index (χ1n) is 4.88. The van der Waals surface area contributed by atoms with Crippen molar-refractivity contribution < 1.29 is 20.2 Å². The average molecular weight is 225 g/mol. The summed E-state index contributed by atoms with van der Waals surface area (Å²) in [5, 5.41) is 29.3. The summed E-state index contributed by atoms with van der Waals surface area (Å²) in [7, 11) is 0. The SMILES string of the molecule is C/C(=N/O)c1ccc(OCC(O)CO)cc1. The Kier molecular flexibility index (Phi) is 4.75. The van der Waals surface area contributed by atoms with Crippen LogP contribution in [0.3, 0.4) is 0 Å². The Balaban J connectivity index is 2.58. The second-order valence-corrected chi connectivity index (χ2v) is 3.36. The number of aliphatic hydroxyl groups excluding tert-OH is 2. The molecule has 0 bridgehead atoms. The molecule has 0 aromatic heterocycles. The van der Waals surface area contributed by atoms with Gasteiger partial charge in [-0.25, -0.2) is 0 Å². The molecular weight excluding hydrogens is 210 g/mol. The Labute approximate surface area is 93.6 Å². The summed E-state index contributed by atoms with van der Waals surface area (Å²) in [6.07, 6.45) is -0.875. The third-order valence-corrected chi connectivity index (χ3v) is 2.08. The Morgan fingerprint density at radius 2 is 2.00 bits per heavy atom. The third-order valence-electron chi connectivity index (χ3n) is 2.08. The van der Waals surface area contributed by atoms with Crippen LogP contribution in [0, 0.1) is 0 Å². The molecule has 1 aromatic carbocycles. The zero-order valence-corrected chi connectivity index (χ0v) is 9.00. The number of ether oxygens (including phenoxy) is 1. The van der Waals surface area contributed by atoms with Gasteiger partial charge in [0.15, 0.2) is 0 Å². The van der Waals surface area contributed by atoms with E-state index in [4.69, 9.17) is 20.2 Å². The summed E-state index contributed by atoms with van der Waals surface area (Å²) in [5.41, 5.74) is 1.31. The molecule has 0 aliphatic rings. The van der Waals surface area contributed by atoms with Crippen LogP contribution in [0.4, 0.5) is 0 Å². The van der Waals surface area contributed by atoms with Crippen molar-refractivity contribution in [2.75, 3.05) is 13.2 Å². The molecule has 0 saturated carbocycles. The van der Waals surface area contributed by atoms with Gasteiger partial charge in [0, 0.05) is 0 Å². The van der Waals surface area contributed by atoms with Crippen LogP contribution in [0.1, 0.15) is 12.5 Å². The summed E-state index contributed by atoms with van der Waals surface area (Å²) >= 11 is 0. The summed E-state index contributed by atoms with van der Waals surface area (Å²) in [5.74, 6) is 0.585. The highest BCUT2D eigenvalue weighted by atomic mass is 16.5. The van der Waals surface area contributed by atoms with E-state index >= 15 is 0 Å². The quantitative estimate of drug-likeness (QED) is 0.389. The van der Waals surface area contributed by atoms with Crippen LogP contribution in [-0.4, -0.2) is 40.4 Å². The molecule has 0 amide bonds. The predicted octanol–water partition coefficient (Wildman–Crippen LogP) is 0.617. The Morgan fingerprint density at radius 3 is 2.50 bits per heavy atom. The van der Waals surface area contributed by atoms with E-state index in [1.54, 1.807) is 31.2 Å². The van der Waals surface area contributed by atoms with Gasteiger partial charge in [0.2, 0.25) is 0 Å². The molecule has 0 radical (unpaired) electrons. The number of benzene rings is 1. The molecule has 0 aliphatic carbocycles. The van der Waals surface area contributed by atoms with Crippen LogP contribution in [0.5, 0.6) is 5.75 Å². The van der Waals surface area contributed by atoms with Crippen LogP contribution in [0.15, 0.2) is 29.4 Å². The minimum absolute atomic E-state index is 0.0446. The number of oxime groups is 1. The number of hydrogen-bond acceptors (Lipinski definition) is 5. The molecule has 1 rings (SSSR count). The van der Waals surface area contributed by atoms with Crippen LogP contribution in [-0.2, 0) is 0 Å². The van der Waals surface area contributed by atoms with Gasteiger partial charge in [-0.1, -0.05) is 5.16 Å². The number of hydrogen-bond donors (Lipinski definition) is 3. The second-order valence-electron chi connectivity index (χ2n) is 3.36. The van der Waals surface area contributed by atoms with Gasteiger partial charge in [-0.3, -0.25) is 0 Å². The molecule has 5 heteroatoms. The van der Waals surface area contributed by atoms with E-state index in [2.05, 4.69) is 5.16 Å². The smallest absolute Gasteiger partial charge is 0.119 e. The summed E-state index contributed by atoms with van der Waals surface area (Å²) < 4.78 is 5.21. The van der Waals surface area contributed by atoms with Crippen molar-refractivity contribution in [2.45, 2.75) is 13.0 Å². The first-order chi connectivity index (χ1) is 7.67. The van der Waals surface area contributed by atoms with E-state index in [1.165, 1.54) is 0 Å². The lowest BCUT2D eigenvalue weighted by Gasteiger charge is -2.09. The molecule has 0 saturated heterocycles. The van der Waals surface area contributed by atoms with Gasteiger partial charge in [0.25, 0.3) is 0 Å². The van der Waals surface area contributed by atoms with Gasteiger partial charge < -0.3 is 20.2 Å². The Morgan fingerprint density at radius 1 is 1.38 bits per heavy atom. The highest BCUT2D eigenvalue weighted by molar-refractivity contribution is 5.98. The molecule has 0 spiro atoms.